The van der Waals surface area contributed by atoms with Gasteiger partial charge >= 0.3 is 0 Å². The topological polar surface area (TPSA) is 81.8 Å². The number of methoxy groups -OCH3 is 1. The fourth-order valence-corrected chi connectivity index (χ4v) is 1.47. The number of aliphatic imine (C=N–C) groups is 1. The van der Waals surface area contributed by atoms with Gasteiger partial charge in [-0.05, 0) is 13.0 Å². The molecule has 114 valence electrons. The SMILES string of the molecule is COCC(C)NC(N)=NCCOc1ccc(Cl)cn1.I. The molecule has 0 aliphatic carbocycles. The van der Waals surface area contributed by atoms with E-state index in [0.29, 0.717) is 36.6 Å². The first-order chi connectivity index (χ1) is 9.11. The second-order valence-electron chi connectivity index (χ2n) is 3.93. The van der Waals surface area contributed by atoms with E-state index in [4.69, 9.17) is 26.8 Å². The zero-order chi connectivity index (χ0) is 14.1. The number of guanidine groups is 1. The Kier molecular flexibility index (Phi) is 10.5. The molecule has 1 aromatic rings. The van der Waals surface area contributed by atoms with Gasteiger partial charge in [0.2, 0.25) is 5.88 Å². The maximum atomic E-state index is 5.71. The number of rotatable bonds is 7. The summed E-state index contributed by atoms with van der Waals surface area (Å²) in [6.45, 7) is 3.37. The van der Waals surface area contributed by atoms with Crippen molar-refractivity contribution in [3.8, 4) is 5.88 Å². The second kappa shape index (κ2) is 10.9. The molecule has 0 spiro atoms. The van der Waals surface area contributed by atoms with E-state index in [1.807, 2.05) is 6.92 Å². The fraction of sp³-hybridized carbons (Fsp3) is 0.500. The molecule has 0 radical (unpaired) electrons. The summed E-state index contributed by atoms with van der Waals surface area (Å²) in [6.07, 6.45) is 1.53. The van der Waals surface area contributed by atoms with Crippen LogP contribution in [0.4, 0.5) is 0 Å². The molecule has 0 aliphatic heterocycles. The molecule has 20 heavy (non-hydrogen) atoms. The average molecular weight is 415 g/mol. The summed E-state index contributed by atoms with van der Waals surface area (Å²) in [6, 6.07) is 3.54. The maximum absolute atomic E-state index is 5.71. The van der Waals surface area contributed by atoms with Crippen LogP contribution < -0.4 is 15.8 Å². The van der Waals surface area contributed by atoms with E-state index in [0.717, 1.165) is 0 Å². The first kappa shape index (κ1) is 19.2. The molecule has 1 atom stereocenters. The van der Waals surface area contributed by atoms with Crippen LogP contribution in [0.25, 0.3) is 0 Å². The van der Waals surface area contributed by atoms with Crippen molar-refractivity contribution >= 4 is 41.5 Å². The molecule has 1 heterocycles. The Labute approximate surface area is 141 Å². The van der Waals surface area contributed by atoms with Crippen LogP contribution in [0, 0.1) is 0 Å². The summed E-state index contributed by atoms with van der Waals surface area (Å²) in [5, 5.41) is 3.58. The van der Waals surface area contributed by atoms with Crippen molar-refractivity contribution in [1.29, 1.82) is 0 Å². The monoisotopic (exact) mass is 414 g/mol. The summed E-state index contributed by atoms with van der Waals surface area (Å²) < 4.78 is 10.4. The van der Waals surface area contributed by atoms with Crippen molar-refractivity contribution in [1.82, 2.24) is 10.3 Å². The third-order valence-corrected chi connectivity index (χ3v) is 2.36. The van der Waals surface area contributed by atoms with Crippen molar-refractivity contribution in [2.24, 2.45) is 10.7 Å². The summed E-state index contributed by atoms with van der Waals surface area (Å²) in [5.74, 6) is 0.885. The summed E-state index contributed by atoms with van der Waals surface area (Å²) in [7, 11) is 1.64. The minimum absolute atomic E-state index is 0. The number of hydrogen-bond donors (Lipinski definition) is 2. The predicted molar refractivity (Wildman–Crippen MR) is 91.1 cm³/mol. The third kappa shape index (κ3) is 8.39. The van der Waals surface area contributed by atoms with Crippen LogP contribution >= 0.6 is 35.6 Å². The van der Waals surface area contributed by atoms with E-state index in [2.05, 4.69) is 15.3 Å². The molecule has 0 saturated carbocycles. The van der Waals surface area contributed by atoms with Gasteiger partial charge in [0.15, 0.2) is 5.96 Å². The van der Waals surface area contributed by atoms with Gasteiger partial charge in [-0.15, -0.1) is 24.0 Å². The van der Waals surface area contributed by atoms with E-state index in [1.54, 1.807) is 19.2 Å². The van der Waals surface area contributed by atoms with Gasteiger partial charge in [0, 0.05) is 25.4 Å². The zero-order valence-corrected chi connectivity index (χ0v) is 14.6. The predicted octanol–water partition coefficient (Wildman–Crippen LogP) is 1.67. The van der Waals surface area contributed by atoms with Gasteiger partial charge in [-0.25, -0.2) is 9.98 Å². The Bertz CT molecular complexity index is 403. The van der Waals surface area contributed by atoms with E-state index in [9.17, 15) is 0 Å². The van der Waals surface area contributed by atoms with Crippen LogP contribution in [0.3, 0.4) is 0 Å². The Morgan fingerprint density at radius 2 is 2.30 bits per heavy atom. The lowest BCUT2D eigenvalue weighted by Crippen LogP contribution is -2.40. The molecular formula is C12H20ClIN4O2. The number of nitrogens with zero attached hydrogens (tertiary/aromatic N) is 2. The van der Waals surface area contributed by atoms with Gasteiger partial charge < -0.3 is 20.5 Å². The van der Waals surface area contributed by atoms with Crippen LogP contribution in [0.2, 0.25) is 5.02 Å². The lowest BCUT2D eigenvalue weighted by Gasteiger charge is -2.13. The van der Waals surface area contributed by atoms with Crippen molar-refractivity contribution < 1.29 is 9.47 Å². The first-order valence-electron chi connectivity index (χ1n) is 5.91. The van der Waals surface area contributed by atoms with Crippen molar-refractivity contribution in [2.45, 2.75) is 13.0 Å². The van der Waals surface area contributed by atoms with Gasteiger partial charge in [0.1, 0.15) is 6.61 Å². The number of nitrogens with two attached hydrogens (primary N) is 1. The Balaban J connectivity index is 0.00000361. The normalized spacial score (nSPS) is 12.4. The van der Waals surface area contributed by atoms with Gasteiger partial charge in [-0.1, -0.05) is 11.6 Å². The number of halogens is 2. The minimum Gasteiger partial charge on any atom is -0.476 e. The average Bonchev–Trinajstić information content (AvgIpc) is 2.37. The highest BCUT2D eigenvalue weighted by Crippen LogP contribution is 2.10. The van der Waals surface area contributed by atoms with E-state index >= 15 is 0 Å². The molecule has 8 heteroatoms. The number of pyridine rings is 1. The van der Waals surface area contributed by atoms with Gasteiger partial charge in [0.25, 0.3) is 0 Å². The third-order valence-electron chi connectivity index (χ3n) is 2.13. The molecule has 3 N–H and O–H groups in total. The molecule has 0 fully saturated rings. The number of aromatic nitrogens is 1. The highest BCUT2D eigenvalue weighted by molar-refractivity contribution is 14.0. The van der Waals surface area contributed by atoms with Crippen LogP contribution in [0.5, 0.6) is 5.88 Å². The largest absolute Gasteiger partial charge is 0.476 e. The number of ether oxygens (including phenoxy) is 2. The van der Waals surface area contributed by atoms with Crippen LogP contribution in [-0.2, 0) is 4.74 Å². The van der Waals surface area contributed by atoms with Gasteiger partial charge in [-0.2, -0.15) is 0 Å². The molecule has 0 bridgehead atoms. The molecule has 0 aliphatic rings. The van der Waals surface area contributed by atoms with Gasteiger partial charge in [-0.3, -0.25) is 0 Å². The number of nitrogens with one attached hydrogen (secondary N) is 1. The highest BCUT2D eigenvalue weighted by atomic mass is 127. The van der Waals surface area contributed by atoms with E-state index in [1.165, 1.54) is 6.20 Å². The Morgan fingerprint density at radius 1 is 1.55 bits per heavy atom. The maximum Gasteiger partial charge on any atom is 0.213 e. The molecular weight excluding hydrogens is 395 g/mol. The van der Waals surface area contributed by atoms with E-state index < -0.39 is 0 Å². The van der Waals surface area contributed by atoms with Crippen LogP contribution in [0.1, 0.15) is 6.92 Å². The molecule has 1 aromatic heterocycles. The summed E-state index contributed by atoms with van der Waals surface area (Å²) >= 11 is 5.71. The van der Waals surface area contributed by atoms with Crippen molar-refractivity contribution in [3.63, 3.8) is 0 Å². The Morgan fingerprint density at radius 3 is 2.90 bits per heavy atom. The summed E-state index contributed by atoms with van der Waals surface area (Å²) in [4.78, 5) is 8.13. The molecule has 0 saturated heterocycles. The second-order valence-corrected chi connectivity index (χ2v) is 4.37. The fourth-order valence-electron chi connectivity index (χ4n) is 1.35. The first-order valence-corrected chi connectivity index (χ1v) is 6.29. The standard InChI is InChI=1S/C12H19ClN4O2.HI/c1-9(8-18-2)17-12(14)15-5-6-19-11-4-3-10(13)7-16-11;/h3-4,7,9H,5-6,8H2,1-2H3,(H3,14,15,17);1H. The van der Waals surface area contributed by atoms with Crippen molar-refractivity contribution in [3.05, 3.63) is 23.4 Å². The molecule has 0 aromatic carbocycles. The zero-order valence-electron chi connectivity index (χ0n) is 11.5. The van der Waals surface area contributed by atoms with Crippen LogP contribution in [0.15, 0.2) is 23.3 Å². The molecule has 1 rings (SSSR count). The molecule has 6 nitrogen and oxygen atoms in total. The highest BCUT2D eigenvalue weighted by Gasteiger charge is 2.01. The quantitative estimate of drug-likeness (QED) is 0.307. The lowest BCUT2D eigenvalue weighted by molar-refractivity contribution is 0.179. The van der Waals surface area contributed by atoms with Crippen LogP contribution in [-0.4, -0.2) is 43.9 Å². The van der Waals surface area contributed by atoms with E-state index in [-0.39, 0.29) is 30.0 Å². The number of hydrogen-bond acceptors (Lipinski definition) is 4. The molecule has 1 unspecified atom stereocenters. The molecule has 0 amide bonds. The summed E-state index contributed by atoms with van der Waals surface area (Å²) in [5.41, 5.74) is 5.70. The van der Waals surface area contributed by atoms with Gasteiger partial charge in [0.05, 0.1) is 18.2 Å². The minimum atomic E-state index is 0. The Hall–Kier alpha value is -0.800. The van der Waals surface area contributed by atoms with Crippen molar-refractivity contribution in [2.75, 3.05) is 26.9 Å². The smallest absolute Gasteiger partial charge is 0.213 e. The lowest BCUT2D eigenvalue weighted by atomic mass is 10.4.